The molecule has 24 heavy (non-hydrogen) atoms. The van der Waals surface area contributed by atoms with Gasteiger partial charge in [-0.2, -0.15) is 0 Å². The van der Waals surface area contributed by atoms with Gasteiger partial charge in [-0.3, -0.25) is 4.79 Å². The van der Waals surface area contributed by atoms with Gasteiger partial charge in [0.2, 0.25) is 0 Å². The van der Waals surface area contributed by atoms with Crippen molar-refractivity contribution in [3.8, 4) is 0 Å². The summed E-state index contributed by atoms with van der Waals surface area (Å²) in [6.45, 7) is 3.92. The minimum Gasteiger partial charge on any atom is -0.339 e. The van der Waals surface area contributed by atoms with E-state index < -0.39 is 0 Å². The van der Waals surface area contributed by atoms with Crippen LogP contribution in [0, 0.1) is 13.8 Å². The van der Waals surface area contributed by atoms with Crippen LogP contribution in [-0.4, -0.2) is 16.1 Å². The molecule has 0 atom stereocenters. The zero-order valence-electron chi connectivity index (χ0n) is 13.6. The Hall–Kier alpha value is -3.21. The van der Waals surface area contributed by atoms with Gasteiger partial charge < -0.3 is 10.6 Å². The molecule has 2 aromatic carbocycles. The fourth-order valence-electron chi connectivity index (χ4n) is 2.38. The Morgan fingerprint density at radius 3 is 2.17 bits per heavy atom. The largest absolute Gasteiger partial charge is 0.339 e. The van der Waals surface area contributed by atoms with E-state index in [2.05, 4.69) is 20.8 Å². The predicted molar refractivity (Wildman–Crippen MR) is 95.6 cm³/mol. The number of carbonyl (C=O) groups is 1. The highest BCUT2D eigenvalue weighted by molar-refractivity contribution is 6.03. The molecular formula is C19H18N4O. The molecule has 2 N–H and O–H groups in total. The molecule has 0 radical (unpaired) electrons. The second-order valence-electron chi connectivity index (χ2n) is 5.52. The Balaban J connectivity index is 1.72. The van der Waals surface area contributed by atoms with E-state index in [1.165, 1.54) is 0 Å². The number of carbonyl (C=O) groups excluding carboxylic acids is 1. The van der Waals surface area contributed by atoms with Crippen LogP contribution in [0.25, 0.3) is 0 Å². The van der Waals surface area contributed by atoms with E-state index in [1.807, 2.05) is 62.4 Å². The van der Waals surface area contributed by atoms with Gasteiger partial charge in [0.05, 0.1) is 0 Å². The van der Waals surface area contributed by atoms with Gasteiger partial charge >= 0.3 is 0 Å². The Morgan fingerprint density at radius 1 is 0.833 bits per heavy atom. The number of anilines is 3. The maximum absolute atomic E-state index is 12.4. The molecule has 0 saturated carbocycles. The molecule has 120 valence electrons. The number of para-hydroxylation sites is 2. The number of hydrogen-bond acceptors (Lipinski definition) is 4. The first-order valence-electron chi connectivity index (χ1n) is 7.67. The van der Waals surface area contributed by atoms with Gasteiger partial charge in [0.15, 0.2) is 11.5 Å². The molecule has 0 fully saturated rings. The fourth-order valence-corrected chi connectivity index (χ4v) is 2.38. The van der Waals surface area contributed by atoms with Crippen LogP contribution in [0.3, 0.4) is 0 Å². The van der Waals surface area contributed by atoms with Crippen molar-refractivity contribution >= 4 is 23.1 Å². The van der Waals surface area contributed by atoms with Gasteiger partial charge in [-0.05, 0) is 49.2 Å². The summed E-state index contributed by atoms with van der Waals surface area (Å²) in [6.07, 6.45) is 0. The van der Waals surface area contributed by atoms with Crippen LogP contribution in [0.5, 0.6) is 0 Å². The number of aromatic nitrogens is 2. The number of hydrogen-bond donors (Lipinski definition) is 2. The molecule has 0 aliphatic carbocycles. The monoisotopic (exact) mass is 318 g/mol. The van der Waals surface area contributed by atoms with Crippen LogP contribution >= 0.6 is 0 Å². The molecule has 0 saturated heterocycles. The third-order valence-electron chi connectivity index (χ3n) is 3.66. The normalized spacial score (nSPS) is 10.2. The Bertz CT molecular complexity index is 825. The van der Waals surface area contributed by atoms with Gasteiger partial charge in [-0.15, -0.1) is 10.2 Å². The third-order valence-corrected chi connectivity index (χ3v) is 3.66. The zero-order valence-corrected chi connectivity index (χ0v) is 13.6. The first kappa shape index (κ1) is 15.7. The summed E-state index contributed by atoms with van der Waals surface area (Å²) in [7, 11) is 0. The smallest absolute Gasteiger partial charge is 0.276 e. The number of amides is 1. The van der Waals surface area contributed by atoms with Crippen molar-refractivity contribution in [1.82, 2.24) is 10.2 Å². The lowest BCUT2D eigenvalue weighted by Gasteiger charge is -2.11. The highest BCUT2D eigenvalue weighted by Crippen LogP contribution is 2.20. The summed E-state index contributed by atoms with van der Waals surface area (Å²) in [6, 6.07) is 18.9. The third kappa shape index (κ3) is 3.57. The second-order valence-corrected chi connectivity index (χ2v) is 5.52. The molecule has 3 rings (SSSR count). The molecule has 5 nitrogen and oxygen atoms in total. The summed E-state index contributed by atoms with van der Waals surface area (Å²) in [5, 5.41) is 14.1. The zero-order chi connectivity index (χ0) is 16.9. The summed E-state index contributed by atoms with van der Waals surface area (Å²) in [5.41, 5.74) is 4.03. The fraction of sp³-hybridized carbons (Fsp3) is 0.105. The minimum absolute atomic E-state index is 0.272. The molecule has 1 amide bonds. The number of benzene rings is 2. The van der Waals surface area contributed by atoms with Crippen molar-refractivity contribution in [2.45, 2.75) is 13.8 Å². The van der Waals surface area contributed by atoms with E-state index >= 15 is 0 Å². The van der Waals surface area contributed by atoms with Gasteiger partial charge in [-0.1, -0.05) is 36.4 Å². The quantitative estimate of drug-likeness (QED) is 0.760. The van der Waals surface area contributed by atoms with Crippen molar-refractivity contribution in [1.29, 1.82) is 0 Å². The molecule has 0 spiro atoms. The molecule has 0 aliphatic rings. The second kappa shape index (κ2) is 6.91. The van der Waals surface area contributed by atoms with Crippen molar-refractivity contribution in [3.05, 3.63) is 77.5 Å². The van der Waals surface area contributed by atoms with E-state index in [-0.39, 0.29) is 11.6 Å². The van der Waals surface area contributed by atoms with Crippen LogP contribution < -0.4 is 10.6 Å². The average molecular weight is 318 g/mol. The van der Waals surface area contributed by atoms with Gasteiger partial charge in [-0.25, -0.2) is 0 Å². The number of rotatable bonds is 4. The van der Waals surface area contributed by atoms with E-state index in [4.69, 9.17) is 0 Å². The Labute approximate surface area is 140 Å². The summed E-state index contributed by atoms with van der Waals surface area (Å²) in [4.78, 5) is 12.4. The van der Waals surface area contributed by atoms with Crippen molar-refractivity contribution in [2.24, 2.45) is 0 Å². The van der Waals surface area contributed by atoms with Crippen LogP contribution in [0.1, 0.15) is 21.6 Å². The highest BCUT2D eigenvalue weighted by atomic mass is 16.1. The molecule has 1 aromatic heterocycles. The van der Waals surface area contributed by atoms with E-state index in [9.17, 15) is 4.79 Å². The van der Waals surface area contributed by atoms with E-state index in [1.54, 1.807) is 12.1 Å². The minimum atomic E-state index is -0.272. The van der Waals surface area contributed by atoms with E-state index in [0.717, 1.165) is 22.5 Å². The Morgan fingerprint density at radius 2 is 1.54 bits per heavy atom. The summed E-state index contributed by atoms with van der Waals surface area (Å²) >= 11 is 0. The van der Waals surface area contributed by atoms with Gasteiger partial charge in [0.1, 0.15) is 0 Å². The number of aryl methyl sites for hydroxylation is 2. The van der Waals surface area contributed by atoms with Gasteiger partial charge in [0.25, 0.3) is 5.91 Å². The number of nitrogens with one attached hydrogen (secondary N) is 2. The number of nitrogens with zero attached hydrogens (tertiary/aromatic N) is 2. The van der Waals surface area contributed by atoms with Crippen molar-refractivity contribution in [2.75, 3.05) is 10.6 Å². The van der Waals surface area contributed by atoms with Crippen molar-refractivity contribution in [3.63, 3.8) is 0 Å². The molecule has 1 heterocycles. The Kier molecular flexibility index (Phi) is 4.52. The standard InChI is InChI=1S/C19H18N4O/c1-13-7-6-8-14(2)18(13)21-19(24)16-11-12-17(23-22-16)20-15-9-4-3-5-10-15/h3-12H,1-2H3,(H,20,23)(H,21,24). The average Bonchev–Trinajstić information content (AvgIpc) is 2.60. The lowest BCUT2D eigenvalue weighted by atomic mass is 10.1. The first-order valence-corrected chi connectivity index (χ1v) is 7.67. The molecule has 3 aromatic rings. The SMILES string of the molecule is Cc1cccc(C)c1NC(=O)c1ccc(Nc2ccccc2)nn1. The first-order chi connectivity index (χ1) is 11.6. The van der Waals surface area contributed by atoms with Gasteiger partial charge in [0, 0.05) is 11.4 Å². The maximum atomic E-state index is 12.4. The van der Waals surface area contributed by atoms with Crippen LogP contribution in [0.15, 0.2) is 60.7 Å². The maximum Gasteiger partial charge on any atom is 0.276 e. The van der Waals surface area contributed by atoms with E-state index in [0.29, 0.717) is 5.82 Å². The molecule has 5 heteroatoms. The molecular weight excluding hydrogens is 300 g/mol. The lowest BCUT2D eigenvalue weighted by Crippen LogP contribution is -2.16. The molecule has 0 unspecified atom stereocenters. The predicted octanol–water partition coefficient (Wildman–Crippen LogP) is 4.09. The van der Waals surface area contributed by atoms with Crippen LogP contribution in [0.2, 0.25) is 0 Å². The lowest BCUT2D eigenvalue weighted by molar-refractivity contribution is 0.102. The van der Waals surface area contributed by atoms with Crippen LogP contribution in [-0.2, 0) is 0 Å². The molecule has 0 bridgehead atoms. The molecule has 0 aliphatic heterocycles. The van der Waals surface area contributed by atoms with Crippen molar-refractivity contribution < 1.29 is 4.79 Å². The van der Waals surface area contributed by atoms with Crippen LogP contribution in [0.4, 0.5) is 17.2 Å². The summed E-state index contributed by atoms with van der Waals surface area (Å²) < 4.78 is 0. The highest BCUT2D eigenvalue weighted by Gasteiger charge is 2.11. The summed E-state index contributed by atoms with van der Waals surface area (Å²) in [5.74, 6) is 0.316. The topological polar surface area (TPSA) is 66.9 Å².